The maximum atomic E-state index is 13.4. The van der Waals surface area contributed by atoms with Gasteiger partial charge in [0.1, 0.15) is 24.4 Å². The topological polar surface area (TPSA) is 175 Å². The smallest absolute Gasteiger partial charge is 0.306 e. The van der Waals surface area contributed by atoms with E-state index in [1.54, 1.807) is 6.08 Å². The van der Waals surface area contributed by atoms with Crippen LogP contribution in [0.2, 0.25) is 0 Å². The molecule has 1 aliphatic rings. The number of aliphatic hydroxyl groups is 5. The summed E-state index contributed by atoms with van der Waals surface area (Å²) in [6, 6.07) is -1.02. The number of rotatable bonds is 59. The van der Waals surface area contributed by atoms with E-state index in [4.69, 9.17) is 14.2 Å². The zero-order chi connectivity index (χ0) is 58.9. The molecule has 8 unspecified atom stereocenters. The van der Waals surface area contributed by atoms with E-state index < -0.39 is 67.4 Å². The van der Waals surface area contributed by atoms with E-state index in [0.29, 0.717) is 19.3 Å². The number of hydrogen-bond donors (Lipinski definition) is 6. The van der Waals surface area contributed by atoms with Crippen molar-refractivity contribution in [2.24, 2.45) is 0 Å². The van der Waals surface area contributed by atoms with Crippen LogP contribution in [-0.4, -0.2) is 99.6 Å². The van der Waals surface area contributed by atoms with Gasteiger partial charge >= 0.3 is 5.97 Å². The lowest BCUT2D eigenvalue weighted by Crippen LogP contribution is -2.61. The molecule has 1 aliphatic heterocycles. The van der Waals surface area contributed by atoms with Gasteiger partial charge in [0.25, 0.3) is 0 Å². The molecular weight excluding hydrogens is 1010 g/mol. The van der Waals surface area contributed by atoms with Crippen LogP contribution in [0.1, 0.15) is 323 Å². The van der Waals surface area contributed by atoms with Gasteiger partial charge in [-0.25, -0.2) is 0 Å². The van der Waals surface area contributed by atoms with Gasteiger partial charge in [0.05, 0.1) is 25.4 Å². The molecule has 0 bridgehead atoms. The Morgan fingerprint density at radius 2 is 0.852 bits per heavy atom. The molecule has 1 heterocycles. The first-order valence-corrected chi connectivity index (χ1v) is 34.4. The van der Waals surface area contributed by atoms with Gasteiger partial charge in [-0.2, -0.15) is 0 Å². The third-order valence-corrected chi connectivity index (χ3v) is 16.2. The summed E-state index contributed by atoms with van der Waals surface area (Å²) in [7, 11) is 0. The molecule has 0 spiro atoms. The van der Waals surface area contributed by atoms with Crippen LogP contribution in [0.5, 0.6) is 0 Å². The Kier molecular flexibility index (Phi) is 54.9. The largest absolute Gasteiger partial charge is 0.454 e. The first-order valence-electron chi connectivity index (χ1n) is 34.4. The fourth-order valence-corrected chi connectivity index (χ4v) is 10.8. The summed E-state index contributed by atoms with van der Waals surface area (Å²) in [6.45, 7) is 5.80. The van der Waals surface area contributed by atoms with Crippen molar-refractivity contribution < 1.29 is 49.3 Å². The number of carbonyl (C=O) groups is 2. The Hall–Kier alpha value is -2.38. The van der Waals surface area contributed by atoms with E-state index in [-0.39, 0.29) is 13.0 Å². The van der Waals surface area contributed by atoms with Gasteiger partial charge in [0, 0.05) is 6.42 Å². The van der Waals surface area contributed by atoms with Crippen LogP contribution in [0.4, 0.5) is 0 Å². The van der Waals surface area contributed by atoms with Gasteiger partial charge in [0.15, 0.2) is 12.4 Å². The molecule has 1 amide bonds. The third-order valence-electron chi connectivity index (χ3n) is 16.2. The molecule has 81 heavy (non-hydrogen) atoms. The van der Waals surface area contributed by atoms with Gasteiger partial charge < -0.3 is 45.1 Å². The fourth-order valence-electron chi connectivity index (χ4n) is 10.8. The first-order chi connectivity index (χ1) is 39.7. The second-order valence-corrected chi connectivity index (χ2v) is 23.9. The van der Waals surface area contributed by atoms with Gasteiger partial charge in [-0.3, -0.25) is 9.59 Å². The summed E-state index contributed by atoms with van der Waals surface area (Å²) in [5.41, 5.74) is 0. The molecule has 0 aromatic heterocycles. The highest BCUT2D eigenvalue weighted by atomic mass is 16.7. The van der Waals surface area contributed by atoms with Crippen molar-refractivity contribution in [1.82, 2.24) is 5.32 Å². The Bertz CT molecular complexity index is 1500. The van der Waals surface area contributed by atoms with Crippen LogP contribution in [0.15, 0.2) is 48.6 Å². The number of esters is 1. The molecule has 0 aromatic carbocycles. The van der Waals surface area contributed by atoms with Crippen molar-refractivity contribution in [2.75, 3.05) is 13.2 Å². The standard InChI is InChI=1S/C70H129NO10/c1-4-7-10-13-16-19-22-25-27-28-29-30-31-32-33-34-35-36-37-40-43-46-49-52-55-58-65(75)81-68-67(77)66(76)64(59-72)80-70(68)79-60-61(62(73)56-53-50-47-44-41-38-24-21-18-15-12-9-6-3)71-69(78)63(74)57-54-51-48-45-42-39-26-23-20-17-14-11-8-5-2/h16,19,25,27,29-30,53,56,61-64,66-68,70,72-74,76-77H,4-15,17-18,20-24,26,28,31-52,54-55,57-60H2,1-3H3,(H,71,78)/b19-16-,27-25-,30-29-,56-53+. The molecule has 0 aromatic rings. The van der Waals surface area contributed by atoms with Crippen LogP contribution in [0, 0.1) is 0 Å². The van der Waals surface area contributed by atoms with E-state index in [9.17, 15) is 35.1 Å². The van der Waals surface area contributed by atoms with Crippen molar-refractivity contribution >= 4 is 11.9 Å². The number of unbranched alkanes of at least 4 members (excludes halogenated alkanes) is 39. The monoisotopic (exact) mass is 1140 g/mol. The van der Waals surface area contributed by atoms with Gasteiger partial charge in [-0.05, 0) is 64.2 Å². The van der Waals surface area contributed by atoms with Crippen LogP contribution in [0.25, 0.3) is 0 Å². The van der Waals surface area contributed by atoms with E-state index in [1.165, 1.54) is 205 Å². The molecule has 0 radical (unpaired) electrons. The minimum atomic E-state index is -1.61. The van der Waals surface area contributed by atoms with Crippen LogP contribution < -0.4 is 5.32 Å². The molecule has 1 saturated heterocycles. The molecule has 0 aliphatic carbocycles. The van der Waals surface area contributed by atoms with Crippen molar-refractivity contribution in [1.29, 1.82) is 0 Å². The normalized spacial score (nSPS) is 18.9. The molecule has 11 heteroatoms. The maximum Gasteiger partial charge on any atom is 0.306 e. The fraction of sp³-hybridized carbons (Fsp3) is 0.857. The molecule has 11 nitrogen and oxygen atoms in total. The van der Waals surface area contributed by atoms with Crippen molar-refractivity contribution in [2.45, 2.75) is 372 Å². The zero-order valence-corrected chi connectivity index (χ0v) is 52.7. The van der Waals surface area contributed by atoms with E-state index in [1.807, 2.05) is 6.08 Å². The van der Waals surface area contributed by atoms with Crippen molar-refractivity contribution in [3.63, 3.8) is 0 Å². The summed E-state index contributed by atoms with van der Waals surface area (Å²) < 4.78 is 17.7. The second-order valence-electron chi connectivity index (χ2n) is 23.9. The van der Waals surface area contributed by atoms with Crippen LogP contribution in [-0.2, 0) is 23.8 Å². The first kappa shape index (κ1) is 76.6. The summed E-state index contributed by atoms with van der Waals surface area (Å²) in [4.78, 5) is 26.6. The number of carbonyl (C=O) groups excluding carboxylic acids is 2. The predicted octanol–water partition coefficient (Wildman–Crippen LogP) is 17.2. The van der Waals surface area contributed by atoms with E-state index in [2.05, 4.69) is 62.5 Å². The SMILES string of the molecule is CCCCC/C=C\C/C=C\C/C=C\CCCCCCCCCCCCCCC(=O)OC1C(OCC(NC(=O)C(O)CCCCCCCCCCCCCCCC)C(O)/C=C/CCCCCCCCCCCCC)OC(CO)C(O)C1O. The number of hydrogen-bond acceptors (Lipinski definition) is 10. The van der Waals surface area contributed by atoms with Crippen LogP contribution >= 0.6 is 0 Å². The highest BCUT2D eigenvalue weighted by molar-refractivity contribution is 5.80. The quantitative estimate of drug-likeness (QED) is 0.0195. The number of aliphatic hydroxyl groups excluding tert-OH is 5. The molecule has 1 rings (SSSR count). The average Bonchev–Trinajstić information content (AvgIpc) is 3.47. The number of amides is 1. The van der Waals surface area contributed by atoms with Crippen LogP contribution in [0.3, 0.4) is 0 Å². The minimum Gasteiger partial charge on any atom is -0.454 e. The highest BCUT2D eigenvalue weighted by Crippen LogP contribution is 2.26. The Labute approximate surface area is 497 Å². The summed E-state index contributed by atoms with van der Waals surface area (Å²) in [5.74, 6) is -1.18. The van der Waals surface area contributed by atoms with E-state index >= 15 is 0 Å². The third kappa shape index (κ3) is 45.6. The summed E-state index contributed by atoms with van der Waals surface area (Å²) in [5, 5.41) is 57.1. The Morgan fingerprint density at radius 3 is 1.30 bits per heavy atom. The Balaban J connectivity index is 2.58. The van der Waals surface area contributed by atoms with Gasteiger partial charge in [0.2, 0.25) is 5.91 Å². The summed E-state index contributed by atoms with van der Waals surface area (Å²) >= 11 is 0. The number of ether oxygens (including phenoxy) is 3. The maximum absolute atomic E-state index is 13.4. The zero-order valence-electron chi connectivity index (χ0n) is 52.7. The average molecular weight is 1140 g/mol. The van der Waals surface area contributed by atoms with Crippen molar-refractivity contribution in [3.05, 3.63) is 48.6 Å². The lowest BCUT2D eigenvalue weighted by atomic mass is 9.99. The predicted molar refractivity (Wildman–Crippen MR) is 338 cm³/mol. The molecule has 1 fully saturated rings. The highest BCUT2D eigenvalue weighted by Gasteiger charge is 2.47. The second kappa shape index (κ2) is 58.0. The molecular formula is C70H129NO10. The lowest BCUT2D eigenvalue weighted by molar-refractivity contribution is -0.305. The molecule has 6 N–H and O–H groups in total. The van der Waals surface area contributed by atoms with E-state index in [0.717, 1.165) is 70.6 Å². The molecule has 0 saturated carbocycles. The van der Waals surface area contributed by atoms with Gasteiger partial charge in [-0.15, -0.1) is 0 Å². The summed E-state index contributed by atoms with van der Waals surface area (Å²) in [6.07, 6.45) is 61.5. The van der Waals surface area contributed by atoms with Crippen molar-refractivity contribution in [3.8, 4) is 0 Å². The lowest BCUT2D eigenvalue weighted by Gasteiger charge is -2.41. The number of nitrogens with one attached hydrogen (secondary N) is 1. The molecule has 8 atom stereocenters. The number of allylic oxidation sites excluding steroid dienone is 7. The molecule has 474 valence electrons. The Morgan fingerprint density at radius 1 is 0.481 bits per heavy atom. The minimum absolute atomic E-state index is 0.123. The van der Waals surface area contributed by atoms with Gasteiger partial charge in [-0.1, -0.05) is 301 Å².